The molecule has 114 valence electrons. The van der Waals surface area contributed by atoms with Gasteiger partial charge in [-0.2, -0.15) is 13.2 Å². The largest absolute Gasteiger partial charge is 0.394 e. The smallest absolute Gasteiger partial charge is 0.390 e. The number of aliphatic hydroxyl groups is 2. The Morgan fingerprint density at radius 3 is 2.65 bits per heavy atom. The van der Waals surface area contributed by atoms with Crippen molar-refractivity contribution in [2.24, 2.45) is 0 Å². The molecule has 2 N–H and O–H groups in total. The van der Waals surface area contributed by atoms with Crippen molar-refractivity contribution in [3.8, 4) is 0 Å². The first-order valence-electron chi connectivity index (χ1n) is 6.30. The van der Waals surface area contributed by atoms with Gasteiger partial charge in [-0.25, -0.2) is 0 Å². The average molecular weight is 292 g/mol. The van der Waals surface area contributed by atoms with Crippen LogP contribution in [-0.4, -0.2) is 52.1 Å². The van der Waals surface area contributed by atoms with E-state index in [-0.39, 0.29) is 19.6 Å². The maximum absolute atomic E-state index is 12.3. The molecule has 0 amide bonds. The van der Waals surface area contributed by atoms with Gasteiger partial charge in [0.2, 0.25) is 0 Å². The standard InChI is InChI=1S/C13H19F3N2O2/c1-10-11(3-2-5-17-10)7-18(8-12(20)9-19)6-4-13(14,15)16/h2-3,5,12,19-20H,4,6-9H2,1H3/t12-/m0/s1. The summed E-state index contributed by atoms with van der Waals surface area (Å²) >= 11 is 0. The molecular formula is C13H19F3N2O2. The lowest BCUT2D eigenvalue weighted by atomic mass is 10.2. The zero-order valence-corrected chi connectivity index (χ0v) is 11.3. The van der Waals surface area contributed by atoms with E-state index in [1.54, 1.807) is 25.3 Å². The molecule has 20 heavy (non-hydrogen) atoms. The normalized spacial score (nSPS) is 13.8. The number of hydrogen-bond donors (Lipinski definition) is 2. The van der Waals surface area contributed by atoms with Crippen LogP contribution in [0.5, 0.6) is 0 Å². The third kappa shape index (κ3) is 6.31. The van der Waals surface area contributed by atoms with Gasteiger partial charge in [0.05, 0.1) is 19.1 Å². The van der Waals surface area contributed by atoms with Gasteiger partial charge in [-0.05, 0) is 18.6 Å². The van der Waals surface area contributed by atoms with Crippen LogP contribution in [0.25, 0.3) is 0 Å². The Morgan fingerprint density at radius 1 is 1.40 bits per heavy atom. The second kappa shape index (κ2) is 7.56. The molecule has 1 heterocycles. The molecule has 1 atom stereocenters. The zero-order chi connectivity index (χ0) is 15.2. The summed E-state index contributed by atoms with van der Waals surface area (Å²) < 4.78 is 36.9. The highest BCUT2D eigenvalue weighted by molar-refractivity contribution is 5.18. The minimum Gasteiger partial charge on any atom is -0.394 e. The third-order valence-electron chi connectivity index (χ3n) is 2.90. The van der Waals surface area contributed by atoms with Gasteiger partial charge in [-0.3, -0.25) is 9.88 Å². The Morgan fingerprint density at radius 2 is 2.10 bits per heavy atom. The molecule has 0 saturated heterocycles. The van der Waals surface area contributed by atoms with Crippen molar-refractivity contribution in [3.63, 3.8) is 0 Å². The number of aryl methyl sites for hydroxylation is 1. The van der Waals surface area contributed by atoms with Crippen LogP contribution < -0.4 is 0 Å². The van der Waals surface area contributed by atoms with Crippen molar-refractivity contribution in [1.82, 2.24) is 9.88 Å². The minimum atomic E-state index is -4.24. The molecular weight excluding hydrogens is 273 g/mol. The molecule has 1 aromatic heterocycles. The Labute approximate surface area is 115 Å². The van der Waals surface area contributed by atoms with E-state index in [4.69, 9.17) is 5.11 Å². The molecule has 0 radical (unpaired) electrons. The molecule has 1 aromatic rings. The quantitative estimate of drug-likeness (QED) is 0.799. The van der Waals surface area contributed by atoms with Crippen LogP contribution in [0.15, 0.2) is 18.3 Å². The molecule has 0 aromatic carbocycles. The van der Waals surface area contributed by atoms with E-state index in [0.29, 0.717) is 0 Å². The highest BCUT2D eigenvalue weighted by Gasteiger charge is 2.28. The van der Waals surface area contributed by atoms with Gasteiger partial charge in [0.1, 0.15) is 0 Å². The summed E-state index contributed by atoms with van der Waals surface area (Å²) in [6.07, 6.45) is -4.64. The topological polar surface area (TPSA) is 56.6 Å². The second-order valence-corrected chi connectivity index (χ2v) is 4.68. The second-order valence-electron chi connectivity index (χ2n) is 4.68. The van der Waals surface area contributed by atoms with Crippen LogP contribution in [0.1, 0.15) is 17.7 Å². The summed E-state index contributed by atoms with van der Waals surface area (Å²) in [5, 5.41) is 18.2. The van der Waals surface area contributed by atoms with Gasteiger partial charge in [0.25, 0.3) is 0 Å². The molecule has 0 aliphatic heterocycles. The highest BCUT2D eigenvalue weighted by Crippen LogP contribution is 2.20. The maximum Gasteiger partial charge on any atom is 0.390 e. The van der Waals surface area contributed by atoms with Crippen molar-refractivity contribution in [2.75, 3.05) is 19.7 Å². The number of pyridine rings is 1. The van der Waals surface area contributed by atoms with E-state index in [0.717, 1.165) is 11.3 Å². The van der Waals surface area contributed by atoms with Gasteiger partial charge >= 0.3 is 6.18 Å². The summed E-state index contributed by atoms with van der Waals surface area (Å²) in [7, 11) is 0. The maximum atomic E-state index is 12.3. The number of halogens is 3. The van der Waals surface area contributed by atoms with Crippen molar-refractivity contribution < 1.29 is 23.4 Å². The minimum absolute atomic E-state index is 0.0130. The first-order valence-corrected chi connectivity index (χ1v) is 6.30. The summed E-state index contributed by atoms with van der Waals surface area (Å²) in [5.74, 6) is 0. The number of nitrogens with zero attached hydrogens (tertiary/aromatic N) is 2. The molecule has 0 bridgehead atoms. The van der Waals surface area contributed by atoms with Crippen LogP contribution in [-0.2, 0) is 6.54 Å². The predicted octanol–water partition coefficient (Wildman–Crippen LogP) is 1.50. The van der Waals surface area contributed by atoms with E-state index >= 15 is 0 Å². The molecule has 0 fully saturated rings. The predicted molar refractivity (Wildman–Crippen MR) is 68.0 cm³/mol. The van der Waals surface area contributed by atoms with E-state index in [1.807, 2.05) is 0 Å². The summed E-state index contributed by atoms with van der Waals surface area (Å²) in [6, 6.07) is 3.50. The molecule has 0 spiro atoms. The van der Waals surface area contributed by atoms with Crippen LogP contribution in [0.3, 0.4) is 0 Å². The van der Waals surface area contributed by atoms with Crippen molar-refractivity contribution in [3.05, 3.63) is 29.6 Å². The van der Waals surface area contributed by atoms with Gasteiger partial charge < -0.3 is 10.2 Å². The Bertz CT molecular complexity index is 413. The van der Waals surface area contributed by atoms with Crippen LogP contribution >= 0.6 is 0 Å². The Kier molecular flexibility index (Phi) is 6.38. The molecule has 0 saturated carbocycles. The lowest BCUT2D eigenvalue weighted by Gasteiger charge is -2.25. The molecule has 4 nitrogen and oxygen atoms in total. The summed E-state index contributed by atoms with van der Waals surface area (Å²) in [4.78, 5) is 5.55. The van der Waals surface area contributed by atoms with E-state index in [9.17, 15) is 18.3 Å². The number of hydrogen-bond acceptors (Lipinski definition) is 4. The van der Waals surface area contributed by atoms with Gasteiger partial charge in [0.15, 0.2) is 0 Å². The van der Waals surface area contributed by atoms with Crippen LogP contribution in [0.2, 0.25) is 0 Å². The van der Waals surface area contributed by atoms with Gasteiger partial charge in [0, 0.05) is 31.5 Å². The number of aliphatic hydroxyl groups excluding tert-OH is 2. The molecule has 1 rings (SSSR count). The fraction of sp³-hybridized carbons (Fsp3) is 0.615. The van der Waals surface area contributed by atoms with Crippen LogP contribution in [0, 0.1) is 6.92 Å². The Balaban J connectivity index is 2.69. The average Bonchev–Trinajstić information content (AvgIpc) is 2.37. The highest BCUT2D eigenvalue weighted by atomic mass is 19.4. The molecule has 0 aliphatic carbocycles. The fourth-order valence-corrected chi connectivity index (χ4v) is 1.80. The first kappa shape index (κ1) is 16.9. The third-order valence-corrected chi connectivity index (χ3v) is 2.90. The van der Waals surface area contributed by atoms with E-state index in [1.165, 1.54) is 4.90 Å². The van der Waals surface area contributed by atoms with Crippen molar-refractivity contribution >= 4 is 0 Å². The molecule has 0 aliphatic rings. The number of aromatic nitrogens is 1. The molecule has 0 unspecified atom stereocenters. The van der Waals surface area contributed by atoms with E-state index < -0.39 is 25.3 Å². The monoisotopic (exact) mass is 292 g/mol. The van der Waals surface area contributed by atoms with Crippen LogP contribution in [0.4, 0.5) is 13.2 Å². The number of alkyl halides is 3. The zero-order valence-electron chi connectivity index (χ0n) is 11.3. The SMILES string of the molecule is Cc1ncccc1CN(CCC(F)(F)F)C[C@H](O)CO. The van der Waals surface area contributed by atoms with Crippen molar-refractivity contribution in [2.45, 2.75) is 32.2 Å². The number of rotatable bonds is 7. The fourth-order valence-electron chi connectivity index (χ4n) is 1.80. The molecule has 7 heteroatoms. The van der Waals surface area contributed by atoms with Gasteiger partial charge in [-0.1, -0.05) is 6.07 Å². The lowest BCUT2D eigenvalue weighted by Crippen LogP contribution is -2.36. The van der Waals surface area contributed by atoms with Gasteiger partial charge in [-0.15, -0.1) is 0 Å². The summed E-state index contributed by atoms with van der Waals surface area (Å²) in [6.45, 7) is 1.32. The Hall–Kier alpha value is -1.18. The van der Waals surface area contributed by atoms with E-state index in [2.05, 4.69) is 4.98 Å². The first-order chi connectivity index (χ1) is 9.31. The summed E-state index contributed by atoms with van der Waals surface area (Å²) in [5.41, 5.74) is 1.54. The van der Waals surface area contributed by atoms with Crippen molar-refractivity contribution in [1.29, 1.82) is 0 Å². The lowest BCUT2D eigenvalue weighted by molar-refractivity contribution is -0.139.